The average molecular weight is 235 g/mol. The van der Waals surface area contributed by atoms with E-state index in [4.69, 9.17) is 4.74 Å². The van der Waals surface area contributed by atoms with Crippen molar-refractivity contribution in [3.8, 4) is 0 Å². The third kappa shape index (κ3) is 2.96. The molecule has 1 aliphatic carbocycles. The molecule has 0 N–H and O–H groups in total. The molecule has 0 saturated heterocycles. The molecule has 0 atom stereocenters. The number of nitrogens with zero attached hydrogens (tertiary/aromatic N) is 1. The second-order valence-corrected chi connectivity index (χ2v) is 4.49. The van der Waals surface area contributed by atoms with Gasteiger partial charge in [0.25, 0.3) is 5.56 Å². The summed E-state index contributed by atoms with van der Waals surface area (Å²) in [5.41, 5.74) is 0.620. The second kappa shape index (κ2) is 5.17. The van der Waals surface area contributed by atoms with E-state index in [9.17, 15) is 9.59 Å². The van der Waals surface area contributed by atoms with E-state index in [1.807, 2.05) is 13.0 Å². The fraction of sp³-hybridized carbons (Fsp3) is 0.538. The van der Waals surface area contributed by atoms with Crippen molar-refractivity contribution in [3.05, 3.63) is 34.2 Å². The quantitative estimate of drug-likeness (QED) is 0.748. The summed E-state index contributed by atoms with van der Waals surface area (Å²) < 4.78 is 6.77. The molecule has 1 heterocycles. The Hall–Kier alpha value is -1.58. The molecule has 0 radical (unpaired) electrons. The largest absolute Gasteiger partial charge is 0.461 e. The number of carbonyl (C=O) groups excluding carboxylic acids is 1. The van der Waals surface area contributed by atoms with Crippen molar-refractivity contribution in [1.29, 1.82) is 0 Å². The number of rotatable bonds is 3. The van der Waals surface area contributed by atoms with Gasteiger partial charge in [0.1, 0.15) is 12.6 Å². The third-order valence-corrected chi connectivity index (χ3v) is 3.16. The molecule has 0 spiro atoms. The van der Waals surface area contributed by atoms with Gasteiger partial charge in [-0.2, -0.15) is 0 Å². The Morgan fingerprint density at radius 2 is 2.12 bits per heavy atom. The minimum Gasteiger partial charge on any atom is -0.461 e. The van der Waals surface area contributed by atoms with E-state index in [1.54, 1.807) is 6.07 Å². The zero-order chi connectivity index (χ0) is 12.3. The van der Waals surface area contributed by atoms with Crippen LogP contribution in [-0.2, 0) is 16.1 Å². The Morgan fingerprint density at radius 3 is 2.76 bits per heavy atom. The van der Waals surface area contributed by atoms with E-state index < -0.39 is 0 Å². The first-order valence-electron chi connectivity index (χ1n) is 6.03. The average Bonchev–Trinajstić information content (AvgIpc) is 2.76. The zero-order valence-corrected chi connectivity index (χ0v) is 10.0. The van der Waals surface area contributed by atoms with Crippen LogP contribution in [0.5, 0.6) is 0 Å². The van der Waals surface area contributed by atoms with E-state index in [2.05, 4.69) is 0 Å². The van der Waals surface area contributed by atoms with Gasteiger partial charge in [0, 0.05) is 11.8 Å². The topological polar surface area (TPSA) is 48.3 Å². The number of ether oxygens (including phenoxy) is 1. The summed E-state index contributed by atoms with van der Waals surface area (Å²) in [6, 6.07) is 4.95. The van der Waals surface area contributed by atoms with E-state index in [0.29, 0.717) is 0 Å². The molecule has 0 bridgehead atoms. The van der Waals surface area contributed by atoms with Crippen molar-refractivity contribution in [3.63, 3.8) is 0 Å². The Morgan fingerprint density at radius 1 is 1.41 bits per heavy atom. The van der Waals surface area contributed by atoms with Gasteiger partial charge < -0.3 is 9.30 Å². The molecular formula is C13H17NO3. The minimum atomic E-state index is -0.312. The van der Waals surface area contributed by atoms with E-state index in [0.717, 1.165) is 31.4 Å². The first kappa shape index (κ1) is 11.9. The smallest absolute Gasteiger partial charge is 0.326 e. The fourth-order valence-corrected chi connectivity index (χ4v) is 2.18. The van der Waals surface area contributed by atoms with Gasteiger partial charge in [-0.15, -0.1) is 0 Å². The molecule has 1 saturated carbocycles. The molecule has 0 aliphatic heterocycles. The lowest BCUT2D eigenvalue weighted by molar-refractivity contribution is -0.149. The lowest BCUT2D eigenvalue weighted by atomic mass is 10.3. The Bertz CT molecular complexity index is 458. The molecule has 17 heavy (non-hydrogen) atoms. The Kier molecular flexibility index (Phi) is 3.61. The van der Waals surface area contributed by atoms with Gasteiger partial charge in [-0.3, -0.25) is 9.59 Å². The summed E-state index contributed by atoms with van der Waals surface area (Å²) >= 11 is 0. The molecule has 1 aromatic rings. The van der Waals surface area contributed by atoms with Crippen molar-refractivity contribution in [2.45, 2.75) is 45.3 Å². The number of hydrogen-bond donors (Lipinski definition) is 0. The highest BCUT2D eigenvalue weighted by molar-refractivity contribution is 5.69. The second-order valence-electron chi connectivity index (χ2n) is 4.49. The molecule has 1 fully saturated rings. The lowest BCUT2D eigenvalue weighted by Gasteiger charge is -2.13. The van der Waals surface area contributed by atoms with Crippen LogP contribution in [0.1, 0.15) is 31.4 Å². The van der Waals surface area contributed by atoms with E-state index in [-0.39, 0.29) is 24.2 Å². The molecule has 0 unspecified atom stereocenters. The predicted octanol–water partition coefficient (Wildman–Crippen LogP) is 1.64. The number of hydrogen-bond acceptors (Lipinski definition) is 3. The number of aryl methyl sites for hydroxylation is 1. The van der Waals surface area contributed by atoms with Crippen LogP contribution in [0.3, 0.4) is 0 Å². The van der Waals surface area contributed by atoms with E-state index in [1.165, 1.54) is 10.6 Å². The maximum absolute atomic E-state index is 11.7. The normalized spacial score (nSPS) is 16.1. The third-order valence-electron chi connectivity index (χ3n) is 3.16. The van der Waals surface area contributed by atoms with Crippen molar-refractivity contribution >= 4 is 5.97 Å². The molecular weight excluding hydrogens is 218 g/mol. The van der Waals surface area contributed by atoms with Crippen LogP contribution in [0.15, 0.2) is 23.0 Å². The maximum Gasteiger partial charge on any atom is 0.326 e. The van der Waals surface area contributed by atoms with Crippen LogP contribution in [0.25, 0.3) is 0 Å². The minimum absolute atomic E-state index is 0.0159. The van der Waals surface area contributed by atoms with Gasteiger partial charge in [-0.1, -0.05) is 6.07 Å². The van der Waals surface area contributed by atoms with Crippen molar-refractivity contribution in [2.75, 3.05) is 0 Å². The van der Waals surface area contributed by atoms with Gasteiger partial charge in [-0.25, -0.2) is 0 Å². The molecule has 0 amide bonds. The molecule has 4 nitrogen and oxygen atoms in total. The van der Waals surface area contributed by atoms with Crippen LogP contribution in [-0.4, -0.2) is 16.6 Å². The Labute approximate surface area is 100 Å². The lowest BCUT2D eigenvalue weighted by Crippen LogP contribution is -2.28. The van der Waals surface area contributed by atoms with Gasteiger partial charge in [-0.05, 0) is 38.7 Å². The number of esters is 1. The van der Waals surface area contributed by atoms with E-state index >= 15 is 0 Å². The first-order chi connectivity index (χ1) is 8.16. The predicted molar refractivity (Wildman–Crippen MR) is 63.8 cm³/mol. The summed E-state index contributed by atoms with van der Waals surface area (Å²) in [4.78, 5) is 23.3. The monoisotopic (exact) mass is 235 g/mol. The van der Waals surface area contributed by atoms with Gasteiger partial charge in [0.2, 0.25) is 0 Å². The molecule has 2 rings (SSSR count). The molecule has 1 aliphatic rings. The maximum atomic E-state index is 11.7. The summed E-state index contributed by atoms with van der Waals surface area (Å²) in [6.07, 6.45) is 4.22. The molecule has 4 heteroatoms. The summed E-state index contributed by atoms with van der Waals surface area (Å²) in [6.45, 7) is 1.83. The first-order valence-corrected chi connectivity index (χ1v) is 6.03. The molecule has 0 aromatic carbocycles. The van der Waals surface area contributed by atoms with Crippen molar-refractivity contribution in [2.24, 2.45) is 0 Å². The van der Waals surface area contributed by atoms with Gasteiger partial charge in [0.05, 0.1) is 0 Å². The van der Waals surface area contributed by atoms with Crippen molar-refractivity contribution < 1.29 is 9.53 Å². The standard InChI is InChI=1S/C13H17NO3/c1-10-5-4-8-12(15)14(10)9-13(16)17-11-6-2-3-7-11/h4-5,8,11H,2-3,6-7,9H2,1H3. The Balaban J connectivity index is 2.00. The van der Waals surface area contributed by atoms with Crippen molar-refractivity contribution in [1.82, 2.24) is 4.57 Å². The van der Waals surface area contributed by atoms with Gasteiger partial charge in [0.15, 0.2) is 0 Å². The summed E-state index contributed by atoms with van der Waals surface area (Å²) in [5, 5.41) is 0. The SMILES string of the molecule is Cc1cccc(=O)n1CC(=O)OC1CCCC1. The van der Waals surface area contributed by atoms with Crippen LogP contribution in [0.4, 0.5) is 0 Å². The molecule has 92 valence electrons. The number of pyridine rings is 1. The number of aromatic nitrogens is 1. The van der Waals surface area contributed by atoms with Crippen LogP contribution in [0, 0.1) is 6.92 Å². The van der Waals surface area contributed by atoms with Gasteiger partial charge >= 0.3 is 5.97 Å². The fourth-order valence-electron chi connectivity index (χ4n) is 2.18. The summed E-state index contributed by atoms with van der Waals surface area (Å²) in [7, 11) is 0. The van der Waals surface area contributed by atoms with Crippen LogP contribution >= 0.6 is 0 Å². The highest BCUT2D eigenvalue weighted by Crippen LogP contribution is 2.21. The van der Waals surface area contributed by atoms with Crippen LogP contribution < -0.4 is 5.56 Å². The highest BCUT2D eigenvalue weighted by atomic mass is 16.5. The number of carbonyl (C=O) groups is 1. The zero-order valence-electron chi connectivity index (χ0n) is 10.0. The van der Waals surface area contributed by atoms with Crippen LogP contribution in [0.2, 0.25) is 0 Å². The summed E-state index contributed by atoms with van der Waals surface area (Å²) in [5.74, 6) is -0.312. The highest BCUT2D eigenvalue weighted by Gasteiger charge is 2.19. The molecule has 1 aromatic heterocycles.